The maximum absolute atomic E-state index is 6.08. The van der Waals surface area contributed by atoms with Crippen molar-refractivity contribution in [1.29, 1.82) is 0 Å². The minimum atomic E-state index is 0.482. The Morgan fingerprint density at radius 2 is 1.47 bits per heavy atom. The van der Waals surface area contributed by atoms with E-state index in [9.17, 15) is 0 Å². The Morgan fingerprint density at radius 1 is 0.842 bits per heavy atom. The lowest BCUT2D eigenvalue weighted by molar-refractivity contribution is 0.646. The smallest absolute Gasteiger partial charge is 0.171 e. The van der Waals surface area contributed by atoms with Crippen molar-refractivity contribution in [2.24, 2.45) is 0 Å². The third kappa shape index (κ3) is 2.63. The molecule has 1 aromatic heterocycles. The molecule has 0 amide bonds. The maximum atomic E-state index is 6.08. The molecule has 0 aliphatic carbocycles. The van der Waals surface area contributed by atoms with Gasteiger partial charge < -0.3 is 9.80 Å². The topological polar surface area (TPSA) is 32.3 Å². The van der Waals surface area contributed by atoms with Gasteiger partial charge in [-0.25, -0.2) is 9.97 Å². The average Bonchev–Trinajstić information content (AvgIpc) is 2.49. The van der Waals surface area contributed by atoms with Crippen molar-refractivity contribution >= 4 is 23.1 Å². The summed E-state index contributed by atoms with van der Waals surface area (Å²) in [6, 6.07) is 10.5. The Hall–Kier alpha value is -1.81. The molecule has 5 heteroatoms. The molecule has 2 aromatic rings. The summed E-state index contributed by atoms with van der Waals surface area (Å²) in [5, 5.41) is 0.482. The monoisotopic (exact) mass is 274 g/mol. The van der Waals surface area contributed by atoms with Crippen LogP contribution in [0.5, 0.6) is 0 Å². The van der Waals surface area contributed by atoms with E-state index in [1.165, 1.54) is 5.69 Å². The lowest BCUT2D eigenvalue weighted by Crippen LogP contribution is -2.47. The minimum absolute atomic E-state index is 0.482. The van der Waals surface area contributed by atoms with Crippen molar-refractivity contribution < 1.29 is 0 Å². The fourth-order valence-electron chi connectivity index (χ4n) is 2.34. The van der Waals surface area contributed by atoms with Crippen molar-refractivity contribution in [2.75, 3.05) is 36.0 Å². The van der Waals surface area contributed by atoms with Gasteiger partial charge in [0.15, 0.2) is 11.0 Å². The number of aromatic nitrogens is 2. The molecule has 0 saturated carbocycles. The van der Waals surface area contributed by atoms with Crippen LogP contribution in [0.15, 0.2) is 42.7 Å². The van der Waals surface area contributed by atoms with Crippen LogP contribution in [-0.2, 0) is 0 Å². The molecule has 2 heterocycles. The molecular weight excluding hydrogens is 260 g/mol. The molecule has 0 radical (unpaired) electrons. The number of nitrogens with zero attached hydrogens (tertiary/aromatic N) is 4. The first kappa shape index (κ1) is 12.2. The van der Waals surface area contributed by atoms with E-state index >= 15 is 0 Å². The summed E-state index contributed by atoms with van der Waals surface area (Å²) in [6.07, 6.45) is 3.30. The molecule has 0 N–H and O–H groups in total. The zero-order valence-electron chi connectivity index (χ0n) is 10.5. The van der Waals surface area contributed by atoms with Crippen molar-refractivity contribution in [1.82, 2.24) is 9.97 Å². The Kier molecular flexibility index (Phi) is 3.51. The highest BCUT2D eigenvalue weighted by Gasteiger charge is 2.20. The van der Waals surface area contributed by atoms with Crippen molar-refractivity contribution in [3.63, 3.8) is 0 Å². The Labute approximate surface area is 117 Å². The van der Waals surface area contributed by atoms with Gasteiger partial charge in [-0.3, -0.25) is 0 Å². The highest BCUT2D eigenvalue weighted by Crippen LogP contribution is 2.23. The van der Waals surface area contributed by atoms with E-state index in [0.717, 1.165) is 32.0 Å². The molecule has 0 bridgehead atoms. The lowest BCUT2D eigenvalue weighted by Gasteiger charge is -2.36. The van der Waals surface area contributed by atoms with E-state index in [4.69, 9.17) is 11.6 Å². The molecule has 1 saturated heterocycles. The van der Waals surface area contributed by atoms with Gasteiger partial charge >= 0.3 is 0 Å². The van der Waals surface area contributed by atoms with Crippen LogP contribution >= 0.6 is 11.6 Å². The molecule has 19 heavy (non-hydrogen) atoms. The van der Waals surface area contributed by atoms with Crippen LogP contribution in [0.2, 0.25) is 5.15 Å². The van der Waals surface area contributed by atoms with E-state index in [2.05, 4.69) is 44.0 Å². The summed E-state index contributed by atoms with van der Waals surface area (Å²) in [4.78, 5) is 13.0. The van der Waals surface area contributed by atoms with E-state index in [0.29, 0.717) is 5.15 Å². The van der Waals surface area contributed by atoms with Crippen LogP contribution < -0.4 is 9.80 Å². The second kappa shape index (κ2) is 5.45. The summed E-state index contributed by atoms with van der Waals surface area (Å²) in [5.74, 6) is 0.789. The van der Waals surface area contributed by atoms with Crippen LogP contribution in [0.25, 0.3) is 0 Å². The first-order chi connectivity index (χ1) is 9.34. The van der Waals surface area contributed by atoms with Crippen molar-refractivity contribution in [3.05, 3.63) is 47.9 Å². The predicted molar refractivity (Wildman–Crippen MR) is 77.9 cm³/mol. The van der Waals surface area contributed by atoms with E-state index in [1.54, 1.807) is 12.4 Å². The van der Waals surface area contributed by atoms with Gasteiger partial charge in [0.25, 0.3) is 0 Å². The quantitative estimate of drug-likeness (QED) is 0.842. The number of piperazine rings is 1. The van der Waals surface area contributed by atoms with Gasteiger partial charge in [0.05, 0.1) is 0 Å². The highest BCUT2D eigenvalue weighted by molar-refractivity contribution is 6.31. The Bertz CT molecular complexity index is 538. The normalized spacial score (nSPS) is 15.6. The largest absolute Gasteiger partial charge is 0.368 e. The molecule has 1 aliphatic heterocycles. The first-order valence-corrected chi connectivity index (χ1v) is 6.74. The van der Waals surface area contributed by atoms with E-state index < -0.39 is 0 Å². The highest BCUT2D eigenvalue weighted by atomic mass is 35.5. The number of halogens is 1. The molecule has 1 fully saturated rings. The van der Waals surface area contributed by atoms with Crippen molar-refractivity contribution in [2.45, 2.75) is 0 Å². The molecule has 3 rings (SSSR count). The van der Waals surface area contributed by atoms with Crippen LogP contribution in [-0.4, -0.2) is 36.1 Å². The molecule has 0 unspecified atom stereocenters. The number of hydrogen-bond acceptors (Lipinski definition) is 4. The predicted octanol–water partition coefficient (Wildman–Crippen LogP) is 2.46. The Balaban J connectivity index is 1.69. The molecule has 0 atom stereocenters. The first-order valence-electron chi connectivity index (χ1n) is 6.36. The number of hydrogen-bond donors (Lipinski definition) is 0. The van der Waals surface area contributed by atoms with Crippen LogP contribution in [0.3, 0.4) is 0 Å². The van der Waals surface area contributed by atoms with Gasteiger partial charge in [-0.2, -0.15) is 0 Å². The summed E-state index contributed by atoms with van der Waals surface area (Å²) in [7, 11) is 0. The van der Waals surface area contributed by atoms with Crippen LogP contribution in [0, 0.1) is 0 Å². The molecule has 1 aromatic carbocycles. The number of rotatable bonds is 2. The van der Waals surface area contributed by atoms with E-state index in [1.807, 2.05) is 6.07 Å². The van der Waals surface area contributed by atoms with E-state index in [-0.39, 0.29) is 0 Å². The lowest BCUT2D eigenvalue weighted by atomic mass is 10.2. The molecule has 4 nitrogen and oxygen atoms in total. The maximum Gasteiger partial charge on any atom is 0.171 e. The molecule has 1 aliphatic rings. The molecular formula is C14H15ClN4. The Morgan fingerprint density at radius 3 is 2.16 bits per heavy atom. The minimum Gasteiger partial charge on any atom is -0.368 e. The molecule has 98 valence electrons. The number of anilines is 2. The fourth-order valence-corrected chi connectivity index (χ4v) is 2.57. The van der Waals surface area contributed by atoms with Gasteiger partial charge in [-0.1, -0.05) is 29.8 Å². The SMILES string of the molecule is Clc1nccnc1N1CCN(c2ccccc2)CC1. The van der Waals surface area contributed by atoms with Crippen molar-refractivity contribution in [3.8, 4) is 0 Å². The molecule has 0 spiro atoms. The summed E-state index contributed by atoms with van der Waals surface area (Å²) < 4.78 is 0. The fraction of sp³-hybridized carbons (Fsp3) is 0.286. The third-order valence-corrected chi connectivity index (χ3v) is 3.60. The van der Waals surface area contributed by atoms with Gasteiger partial charge in [0.2, 0.25) is 0 Å². The summed E-state index contributed by atoms with van der Waals surface area (Å²) >= 11 is 6.08. The standard InChI is InChI=1S/C14H15ClN4/c15-13-14(17-7-6-16-13)19-10-8-18(9-11-19)12-4-2-1-3-5-12/h1-7H,8-11H2. The zero-order valence-corrected chi connectivity index (χ0v) is 11.3. The second-order valence-corrected chi connectivity index (χ2v) is 4.84. The van der Waals surface area contributed by atoms with Gasteiger partial charge in [0, 0.05) is 44.3 Å². The van der Waals surface area contributed by atoms with Crippen LogP contribution in [0.4, 0.5) is 11.5 Å². The average molecular weight is 275 g/mol. The summed E-state index contributed by atoms with van der Waals surface area (Å²) in [6.45, 7) is 3.76. The van der Waals surface area contributed by atoms with Gasteiger partial charge in [-0.05, 0) is 12.1 Å². The summed E-state index contributed by atoms with van der Waals surface area (Å²) in [5.41, 5.74) is 1.27. The van der Waals surface area contributed by atoms with Gasteiger partial charge in [-0.15, -0.1) is 0 Å². The second-order valence-electron chi connectivity index (χ2n) is 4.48. The number of para-hydroxylation sites is 1. The van der Waals surface area contributed by atoms with Crippen LogP contribution in [0.1, 0.15) is 0 Å². The third-order valence-electron chi connectivity index (χ3n) is 3.34. The number of benzene rings is 1. The van der Waals surface area contributed by atoms with Gasteiger partial charge in [0.1, 0.15) is 0 Å². The zero-order chi connectivity index (χ0) is 13.1.